The van der Waals surface area contributed by atoms with E-state index in [1.807, 2.05) is 35.7 Å². The van der Waals surface area contributed by atoms with Crippen LogP contribution in [0.15, 0.2) is 66.0 Å². The summed E-state index contributed by atoms with van der Waals surface area (Å²) in [6.45, 7) is 0. The van der Waals surface area contributed by atoms with Gasteiger partial charge in [0.1, 0.15) is 10.8 Å². The van der Waals surface area contributed by atoms with Gasteiger partial charge in [0.2, 0.25) is 0 Å². The van der Waals surface area contributed by atoms with Crippen LogP contribution in [-0.2, 0) is 9.59 Å². The van der Waals surface area contributed by atoms with E-state index >= 15 is 0 Å². The molecule has 0 N–H and O–H groups in total. The number of halogens is 4. The molecule has 0 amide bonds. The maximum Gasteiger partial charge on any atom is 0.373 e. The summed E-state index contributed by atoms with van der Waals surface area (Å²) < 4.78 is 13.5. The van der Waals surface area contributed by atoms with E-state index in [9.17, 15) is 4.39 Å². The SMILES string of the molecule is Fc1ccc(Cl)c(-c2ccc(-c3nc(-c4ccc(Cl)c(Cl)c4)cs3)cc2)c1.O=C=O. The second kappa shape index (κ2) is 9.98. The van der Waals surface area contributed by atoms with Crippen LogP contribution >= 0.6 is 46.1 Å². The van der Waals surface area contributed by atoms with Gasteiger partial charge in [0.05, 0.1) is 15.7 Å². The summed E-state index contributed by atoms with van der Waals surface area (Å²) in [5, 5.41) is 4.39. The largest absolute Gasteiger partial charge is 0.373 e. The predicted octanol–water partition coefficient (Wildman–Crippen LogP) is 7.66. The van der Waals surface area contributed by atoms with Crippen LogP contribution < -0.4 is 0 Å². The Morgan fingerprint density at radius 3 is 2.03 bits per heavy atom. The van der Waals surface area contributed by atoms with Gasteiger partial charge in [-0.25, -0.2) is 9.37 Å². The molecule has 0 atom stereocenters. The lowest BCUT2D eigenvalue weighted by atomic mass is 10.0. The fraction of sp³-hybridized carbons (Fsp3) is 0. The number of hydrogen-bond donors (Lipinski definition) is 0. The number of thiazole rings is 1. The minimum Gasteiger partial charge on any atom is -0.236 e. The zero-order valence-corrected chi connectivity index (χ0v) is 18.1. The van der Waals surface area contributed by atoms with Crippen LogP contribution in [0.2, 0.25) is 15.1 Å². The van der Waals surface area contributed by atoms with Crippen LogP contribution in [0, 0.1) is 5.82 Å². The van der Waals surface area contributed by atoms with Crippen molar-refractivity contribution in [2.24, 2.45) is 0 Å². The highest BCUT2D eigenvalue weighted by Crippen LogP contribution is 2.34. The normalized spacial score (nSPS) is 10.1. The van der Waals surface area contributed by atoms with Gasteiger partial charge in [0.25, 0.3) is 0 Å². The Labute approximate surface area is 190 Å². The van der Waals surface area contributed by atoms with Crippen molar-refractivity contribution in [1.29, 1.82) is 0 Å². The van der Waals surface area contributed by atoms with Crippen molar-refractivity contribution in [2.45, 2.75) is 0 Å². The molecular weight excluding hydrogens is 468 g/mol. The van der Waals surface area contributed by atoms with Gasteiger partial charge in [-0.05, 0) is 35.9 Å². The van der Waals surface area contributed by atoms with Crippen molar-refractivity contribution in [2.75, 3.05) is 0 Å². The van der Waals surface area contributed by atoms with E-state index in [1.165, 1.54) is 12.1 Å². The van der Waals surface area contributed by atoms with Crippen molar-refractivity contribution < 1.29 is 14.0 Å². The van der Waals surface area contributed by atoms with E-state index in [-0.39, 0.29) is 12.0 Å². The minimum absolute atomic E-state index is 0.250. The van der Waals surface area contributed by atoms with Gasteiger partial charge in [0, 0.05) is 27.1 Å². The van der Waals surface area contributed by atoms with Gasteiger partial charge in [-0.15, -0.1) is 11.3 Å². The molecular formula is C22H11Cl3FNO2S. The van der Waals surface area contributed by atoms with Gasteiger partial charge < -0.3 is 0 Å². The number of aromatic nitrogens is 1. The first-order valence-electron chi connectivity index (χ1n) is 8.39. The second-order valence-electron chi connectivity index (χ2n) is 5.95. The Hall–Kier alpha value is -2.53. The highest BCUT2D eigenvalue weighted by Gasteiger charge is 2.10. The van der Waals surface area contributed by atoms with E-state index in [1.54, 1.807) is 29.5 Å². The van der Waals surface area contributed by atoms with Crippen molar-refractivity contribution in [3.63, 3.8) is 0 Å². The molecule has 8 heteroatoms. The van der Waals surface area contributed by atoms with E-state index < -0.39 is 0 Å². The third-order valence-electron chi connectivity index (χ3n) is 4.09. The van der Waals surface area contributed by atoms with E-state index in [0.717, 1.165) is 27.4 Å². The summed E-state index contributed by atoms with van der Waals surface area (Å²) in [4.78, 5) is 20.9. The molecule has 0 aliphatic heterocycles. The average Bonchev–Trinajstić information content (AvgIpc) is 3.23. The molecule has 1 heterocycles. The van der Waals surface area contributed by atoms with Gasteiger partial charge >= 0.3 is 6.15 Å². The molecule has 3 aromatic carbocycles. The molecule has 0 radical (unpaired) electrons. The van der Waals surface area contributed by atoms with Crippen LogP contribution in [-0.4, -0.2) is 11.1 Å². The fourth-order valence-electron chi connectivity index (χ4n) is 2.71. The van der Waals surface area contributed by atoms with Crippen molar-refractivity contribution >= 4 is 52.3 Å². The predicted molar refractivity (Wildman–Crippen MR) is 118 cm³/mol. The Bertz CT molecular complexity index is 1220. The summed E-state index contributed by atoms with van der Waals surface area (Å²) in [5.41, 5.74) is 4.24. The van der Waals surface area contributed by atoms with Crippen LogP contribution in [0.3, 0.4) is 0 Å². The van der Waals surface area contributed by atoms with Crippen LogP contribution in [0.4, 0.5) is 4.39 Å². The minimum atomic E-state index is -0.315. The Morgan fingerprint density at radius 1 is 0.767 bits per heavy atom. The van der Waals surface area contributed by atoms with Gasteiger partial charge in [-0.1, -0.05) is 65.1 Å². The molecule has 0 saturated heterocycles. The average molecular weight is 479 g/mol. The van der Waals surface area contributed by atoms with E-state index in [0.29, 0.717) is 20.6 Å². The Kier molecular flexibility index (Phi) is 7.38. The third kappa shape index (κ3) is 5.14. The van der Waals surface area contributed by atoms with Crippen molar-refractivity contribution in [3.05, 3.63) is 86.9 Å². The third-order valence-corrected chi connectivity index (χ3v) is 6.05. The summed E-state index contributed by atoms with van der Waals surface area (Å²) in [6.07, 6.45) is 0.250. The van der Waals surface area contributed by atoms with Crippen LogP contribution in [0.1, 0.15) is 0 Å². The Morgan fingerprint density at radius 2 is 1.37 bits per heavy atom. The molecule has 0 unspecified atom stereocenters. The molecule has 0 fully saturated rings. The maximum atomic E-state index is 13.5. The number of hydrogen-bond acceptors (Lipinski definition) is 4. The lowest BCUT2D eigenvalue weighted by Crippen LogP contribution is -1.84. The number of benzene rings is 3. The maximum absolute atomic E-state index is 13.5. The molecule has 3 nitrogen and oxygen atoms in total. The molecule has 0 spiro atoms. The van der Waals surface area contributed by atoms with Crippen LogP contribution in [0.25, 0.3) is 33.0 Å². The van der Waals surface area contributed by atoms with Crippen LogP contribution in [0.5, 0.6) is 0 Å². The summed E-state index contributed by atoms with van der Waals surface area (Å²) in [6, 6.07) is 17.5. The smallest absolute Gasteiger partial charge is 0.236 e. The monoisotopic (exact) mass is 477 g/mol. The molecule has 1 aromatic heterocycles. The molecule has 0 aliphatic rings. The molecule has 4 rings (SSSR count). The number of carbonyl (C=O) groups excluding carboxylic acids is 2. The molecule has 0 aliphatic carbocycles. The topological polar surface area (TPSA) is 47.0 Å². The number of rotatable bonds is 3. The highest BCUT2D eigenvalue weighted by atomic mass is 35.5. The zero-order chi connectivity index (χ0) is 21.7. The van der Waals surface area contributed by atoms with Gasteiger partial charge in [0.15, 0.2) is 0 Å². The standard InChI is InChI=1S/C21H11Cl3FNS.CO2/c22-17-8-6-15(25)10-16(17)12-1-3-13(4-2-12)21-26-20(11-27-21)14-5-7-18(23)19(24)9-14;2-1-3/h1-11H;. The van der Waals surface area contributed by atoms with E-state index in [2.05, 4.69) is 4.98 Å². The van der Waals surface area contributed by atoms with Crippen molar-refractivity contribution in [3.8, 4) is 33.0 Å². The lowest BCUT2D eigenvalue weighted by molar-refractivity contribution is -0.191. The van der Waals surface area contributed by atoms with E-state index in [4.69, 9.17) is 44.4 Å². The first kappa shape index (κ1) is 22.2. The summed E-state index contributed by atoms with van der Waals surface area (Å²) in [5.74, 6) is -0.315. The first-order chi connectivity index (χ1) is 14.4. The van der Waals surface area contributed by atoms with Gasteiger partial charge in [-0.3, -0.25) is 0 Å². The van der Waals surface area contributed by atoms with Gasteiger partial charge in [-0.2, -0.15) is 9.59 Å². The zero-order valence-electron chi connectivity index (χ0n) is 15.0. The van der Waals surface area contributed by atoms with Crippen molar-refractivity contribution in [1.82, 2.24) is 4.98 Å². The fourth-order valence-corrected chi connectivity index (χ4v) is 4.07. The molecule has 30 heavy (non-hydrogen) atoms. The highest BCUT2D eigenvalue weighted by molar-refractivity contribution is 7.13. The molecule has 0 bridgehead atoms. The lowest BCUT2D eigenvalue weighted by Gasteiger charge is -2.06. The quantitative estimate of drug-likeness (QED) is 0.304. The molecule has 4 aromatic rings. The summed E-state index contributed by atoms with van der Waals surface area (Å²) in [7, 11) is 0. The Balaban J connectivity index is 0.000000806. The second-order valence-corrected chi connectivity index (χ2v) is 8.03. The first-order valence-corrected chi connectivity index (χ1v) is 10.4. The molecule has 150 valence electrons. The number of nitrogens with zero attached hydrogens (tertiary/aromatic N) is 1. The summed E-state index contributed by atoms with van der Waals surface area (Å²) >= 11 is 19.8. The molecule has 0 saturated carbocycles.